The third-order valence-corrected chi connectivity index (χ3v) is 7.54. The van der Waals surface area contributed by atoms with Crippen molar-refractivity contribution >= 4 is 64.6 Å². The lowest BCUT2D eigenvalue weighted by Crippen LogP contribution is -2.60. The van der Waals surface area contributed by atoms with Gasteiger partial charge in [-0.15, -0.1) is 34.8 Å². The minimum atomic E-state index is -1.32. The van der Waals surface area contributed by atoms with Crippen LogP contribution in [-0.4, -0.2) is 115 Å². The van der Waals surface area contributed by atoms with Crippen LogP contribution in [0.25, 0.3) is 0 Å². The molecular weight excluding hydrogens is 615 g/mol. The van der Waals surface area contributed by atoms with Crippen molar-refractivity contribution < 1.29 is 61.9 Å². The fraction of sp³-hybridized carbons (Fsp3) is 0.800. The summed E-state index contributed by atoms with van der Waals surface area (Å²) < 4.78 is 44.5. The Labute approximate surface area is 252 Å². The van der Waals surface area contributed by atoms with Crippen molar-refractivity contribution in [2.45, 2.75) is 94.7 Å². The Morgan fingerprint density at radius 1 is 0.707 bits per heavy atom. The van der Waals surface area contributed by atoms with E-state index in [4.69, 9.17) is 72.7 Å². The second-order valence-electron chi connectivity index (χ2n) is 9.55. The number of rotatable bonds is 13. The normalized spacial score (nSPS) is 33.0. The highest BCUT2D eigenvalue weighted by molar-refractivity contribution is 6.21. The predicted molar refractivity (Wildman–Crippen MR) is 142 cm³/mol. The van der Waals surface area contributed by atoms with Gasteiger partial charge in [0.2, 0.25) is 0 Å². The molecule has 41 heavy (non-hydrogen) atoms. The highest BCUT2D eigenvalue weighted by Crippen LogP contribution is 2.40. The third-order valence-electron chi connectivity index (χ3n) is 6.26. The van der Waals surface area contributed by atoms with Crippen molar-refractivity contribution in [3.63, 3.8) is 0 Å². The van der Waals surface area contributed by atoms with E-state index in [1.807, 2.05) is 0 Å². The third kappa shape index (κ3) is 9.82. The molecule has 0 aromatic carbocycles. The van der Waals surface area contributed by atoms with Gasteiger partial charge in [0.1, 0.15) is 35.9 Å². The molecule has 2 aliphatic heterocycles. The van der Waals surface area contributed by atoms with Gasteiger partial charge in [0.25, 0.3) is 0 Å². The van der Waals surface area contributed by atoms with Crippen LogP contribution in [0.4, 0.5) is 0 Å². The van der Waals surface area contributed by atoms with Crippen LogP contribution < -0.4 is 0 Å². The average molecular weight is 650 g/mol. The molecule has 2 saturated heterocycles. The number of carbonyl (C=O) groups is 5. The van der Waals surface area contributed by atoms with E-state index < -0.39 is 83.6 Å². The number of ether oxygens (including phenoxy) is 8. The molecule has 0 N–H and O–H groups in total. The minimum Gasteiger partial charge on any atom is -0.463 e. The van der Waals surface area contributed by atoms with Gasteiger partial charge in [-0.3, -0.25) is 24.0 Å². The summed E-state index contributed by atoms with van der Waals surface area (Å²) in [6.45, 7) is 5.44. The van der Waals surface area contributed by atoms with Gasteiger partial charge >= 0.3 is 29.8 Å². The Morgan fingerprint density at radius 3 is 1.78 bits per heavy atom. The van der Waals surface area contributed by atoms with Gasteiger partial charge in [-0.25, -0.2) is 0 Å². The lowest BCUT2D eigenvalue weighted by atomic mass is 9.92. The summed E-state index contributed by atoms with van der Waals surface area (Å²) in [5.74, 6) is -3.45. The van der Waals surface area contributed by atoms with E-state index in [1.54, 1.807) is 0 Å². The van der Waals surface area contributed by atoms with Gasteiger partial charge in [-0.05, 0) is 0 Å². The lowest BCUT2D eigenvalue weighted by Gasteiger charge is -2.43. The molecule has 16 heteroatoms. The first-order valence-electron chi connectivity index (χ1n) is 12.7. The standard InChI is InChI=1S/C25H35Cl3O13/c1-12(29)35-10-18-20(28)23(38-15(4)32)21(36-13(2)30)19(40-18)9-34-7-6-25(11-27)24(39-16(5)33)22(37-14(3)31)17(8-26)41-25/h17-24H,6-11H2,1-5H3. The molecule has 234 valence electrons. The monoisotopic (exact) mass is 648 g/mol. The maximum Gasteiger partial charge on any atom is 0.303 e. The quantitative estimate of drug-likeness (QED) is 0.123. The molecule has 0 radical (unpaired) electrons. The van der Waals surface area contributed by atoms with Crippen LogP contribution in [0.15, 0.2) is 0 Å². The fourth-order valence-corrected chi connectivity index (χ4v) is 5.57. The van der Waals surface area contributed by atoms with E-state index in [-0.39, 0.29) is 38.0 Å². The molecule has 9 unspecified atom stereocenters. The van der Waals surface area contributed by atoms with E-state index in [1.165, 1.54) is 34.6 Å². The summed E-state index contributed by atoms with van der Waals surface area (Å²) in [6.07, 6.45) is -7.06. The number of esters is 5. The Kier molecular flexibility index (Phi) is 13.8. The van der Waals surface area contributed by atoms with Gasteiger partial charge in [0.05, 0.1) is 18.4 Å². The molecule has 0 aromatic heterocycles. The van der Waals surface area contributed by atoms with Crippen molar-refractivity contribution in [1.82, 2.24) is 0 Å². The van der Waals surface area contributed by atoms with Crippen molar-refractivity contribution in [1.29, 1.82) is 0 Å². The molecule has 2 fully saturated rings. The summed E-state index contributed by atoms with van der Waals surface area (Å²) in [7, 11) is 0. The maximum absolute atomic E-state index is 11.9. The van der Waals surface area contributed by atoms with E-state index in [2.05, 4.69) is 0 Å². The van der Waals surface area contributed by atoms with E-state index in [0.717, 1.165) is 0 Å². The Bertz CT molecular complexity index is 950. The SMILES string of the molecule is CC(=O)OCC1OC(COCCC2(CCl)OC(CCl)C(OC(C)=O)C2OC(C)=O)C(OC(C)=O)C(OC(C)=O)C1Cl. The van der Waals surface area contributed by atoms with Crippen LogP contribution >= 0.6 is 34.8 Å². The van der Waals surface area contributed by atoms with E-state index in [9.17, 15) is 24.0 Å². The summed E-state index contributed by atoms with van der Waals surface area (Å²) in [4.78, 5) is 58.7. The molecule has 0 aliphatic carbocycles. The zero-order valence-electron chi connectivity index (χ0n) is 23.3. The molecule has 9 atom stereocenters. The molecule has 0 spiro atoms. The largest absolute Gasteiger partial charge is 0.463 e. The number of alkyl halides is 3. The maximum atomic E-state index is 11.9. The van der Waals surface area contributed by atoms with Crippen molar-refractivity contribution in [2.75, 3.05) is 31.6 Å². The second kappa shape index (κ2) is 16.1. The van der Waals surface area contributed by atoms with Gasteiger partial charge < -0.3 is 37.9 Å². The molecule has 0 aromatic rings. The molecule has 2 rings (SSSR count). The number of halogens is 3. The average Bonchev–Trinajstić information content (AvgIpc) is 3.15. The first-order chi connectivity index (χ1) is 19.2. The van der Waals surface area contributed by atoms with Crippen molar-refractivity contribution in [2.24, 2.45) is 0 Å². The fourth-order valence-electron chi connectivity index (χ4n) is 4.66. The van der Waals surface area contributed by atoms with Crippen LogP contribution in [0.1, 0.15) is 41.0 Å². The Balaban J connectivity index is 2.22. The van der Waals surface area contributed by atoms with Crippen LogP contribution in [0.2, 0.25) is 0 Å². The van der Waals surface area contributed by atoms with E-state index in [0.29, 0.717) is 0 Å². The summed E-state index contributed by atoms with van der Waals surface area (Å²) >= 11 is 18.8. The molecule has 0 amide bonds. The smallest absolute Gasteiger partial charge is 0.303 e. The van der Waals surface area contributed by atoms with Crippen molar-refractivity contribution in [3.05, 3.63) is 0 Å². The van der Waals surface area contributed by atoms with Crippen molar-refractivity contribution in [3.8, 4) is 0 Å². The molecule has 0 bridgehead atoms. The topological polar surface area (TPSA) is 159 Å². The summed E-state index contributed by atoms with van der Waals surface area (Å²) in [5.41, 5.74) is -1.32. The van der Waals surface area contributed by atoms with Crippen LogP contribution in [0.3, 0.4) is 0 Å². The van der Waals surface area contributed by atoms with Crippen LogP contribution in [0, 0.1) is 0 Å². The molecule has 2 heterocycles. The predicted octanol–water partition coefficient (Wildman–Crippen LogP) is 1.67. The summed E-state index contributed by atoms with van der Waals surface area (Å²) in [5, 5.41) is -1.03. The number of hydrogen-bond acceptors (Lipinski definition) is 13. The van der Waals surface area contributed by atoms with Gasteiger partial charge in [0, 0.05) is 47.6 Å². The van der Waals surface area contributed by atoms with Gasteiger partial charge in [0.15, 0.2) is 24.4 Å². The zero-order valence-corrected chi connectivity index (χ0v) is 25.6. The second-order valence-corrected chi connectivity index (χ2v) is 10.6. The number of carbonyl (C=O) groups excluding carboxylic acids is 5. The minimum absolute atomic E-state index is 0.0456. The van der Waals surface area contributed by atoms with E-state index >= 15 is 0 Å². The molecular formula is C25H35Cl3O13. The molecule has 0 saturated carbocycles. The number of hydrogen-bond donors (Lipinski definition) is 0. The summed E-state index contributed by atoms with van der Waals surface area (Å²) in [6, 6.07) is 0. The highest BCUT2D eigenvalue weighted by atomic mass is 35.5. The van der Waals surface area contributed by atoms with Gasteiger partial charge in [-0.1, -0.05) is 0 Å². The first-order valence-corrected chi connectivity index (χ1v) is 14.2. The first kappa shape index (κ1) is 35.3. The Hall–Kier alpha value is -1.90. The zero-order chi connectivity index (χ0) is 30.9. The van der Waals surface area contributed by atoms with Crippen LogP contribution in [0.5, 0.6) is 0 Å². The molecule has 2 aliphatic rings. The van der Waals surface area contributed by atoms with Crippen LogP contribution in [-0.2, 0) is 61.9 Å². The lowest BCUT2D eigenvalue weighted by molar-refractivity contribution is -0.219. The highest BCUT2D eigenvalue weighted by Gasteiger charge is 2.58. The Morgan fingerprint density at radius 2 is 1.27 bits per heavy atom. The van der Waals surface area contributed by atoms with Gasteiger partial charge in [-0.2, -0.15) is 0 Å². The molecule has 13 nitrogen and oxygen atoms in total.